The first-order valence-electron chi connectivity index (χ1n) is 6.97. The molecule has 0 bridgehead atoms. The molecule has 0 unspecified atom stereocenters. The first-order valence-corrected chi connectivity index (χ1v) is 8.36. The fourth-order valence-corrected chi connectivity index (χ4v) is 2.90. The molecule has 7 heteroatoms. The van der Waals surface area contributed by atoms with Gasteiger partial charge in [0.2, 0.25) is 0 Å². The van der Waals surface area contributed by atoms with Gasteiger partial charge in [0.15, 0.2) is 0 Å². The van der Waals surface area contributed by atoms with Gasteiger partial charge in [0.05, 0.1) is 11.3 Å². The zero-order valence-electron chi connectivity index (χ0n) is 12.2. The fraction of sp³-hybridized carbons (Fsp3) is 0.533. The summed E-state index contributed by atoms with van der Waals surface area (Å²) in [5.41, 5.74) is -0.908. The van der Waals surface area contributed by atoms with Gasteiger partial charge in [-0.15, -0.1) is 0 Å². The van der Waals surface area contributed by atoms with Crippen LogP contribution < -0.4 is 5.32 Å². The predicted octanol–water partition coefficient (Wildman–Crippen LogP) is 3.19. The minimum absolute atomic E-state index is 0.232. The number of carbonyl (C=O) groups is 1. The third kappa shape index (κ3) is 3.95. The van der Waals surface area contributed by atoms with E-state index in [1.165, 1.54) is 23.9 Å². The van der Waals surface area contributed by atoms with Crippen molar-refractivity contribution in [3.63, 3.8) is 0 Å². The Bertz CT molecular complexity index is 511. The van der Waals surface area contributed by atoms with Crippen LogP contribution in [-0.4, -0.2) is 31.1 Å². The quantitative estimate of drug-likeness (QED) is 0.859. The Balaban J connectivity index is 2.27. The second-order valence-electron chi connectivity index (χ2n) is 5.23. The molecule has 1 fully saturated rings. The van der Waals surface area contributed by atoms with E-state index in [0.717, 1.165) is 12.1 Å². The highest BCUT2D eigenvalue weighted by Gasteiger charge is 2.38. The average Bonchev–Trinajstić information content (AvgIpc) is 2.47. The van der Waals surface area contributed by atoms with E-state index >= 15 is 0 Å². The van der Waals surface area contributed by atoms with Crippen molar-refractivity contribution < 1.29 is 22.7 Å². The van der Waals surface area contributed by atoms with E-state index in [2.05, 4.69) is 5.32 Å². The van der Waals surface area contributed by atoms with Crippen molar-refractivity contribution in [1.82, 2.24) is 5.32 Å². The maximum absolute atomic E-state index is 12.7. The van der Waals surface area contributed by atoms with Crippen molar-refractivity contribution in [1.29, 1.82) is 0 Å². The summed E-state index contributed by atoms with van der Waals surface area (Å²) in [6.07, 6.45) is -1.46. The number of esters is 1. The molecule has 1 aromatic rings. The molecule has 1 aromatic carbocycles. The third-order valence-corrected chi connectivity index (χ3v) is 4.25. The lowest BCUT2D eigenvalue weighted by Gasteiger charge is -2.37. The van der Waals surface area contributed by atoms with Crippen molar-refractivity contribution in [2.45, 2.75) is 24.6 Å². The summed E-state index contributed by atoms with van der Waals surface area (Å²) in [6, 6.07) is 4.92. The second-order valence-corrected chi connectivity index (χ2v) is 6.09. The third-order valence-electron chi connectivity index (χ3n) is 3.72. The minimum Gasteiger partial charge on any atom is -0.453 e. The number of ether oxygens (including phenoxy) is 1. The number of alkyl halides is 3. The number of carbonyl (C=O) groups excluding carboxylic acids is 1. The number of hydrogen-bond donors (Lipinski definition) is 1. The molecular weight excluding hydrogens is 315 g/mol. The van der Waals surface area contributed by atoms with E-state index in [-0.39, 0.29) is 11.7 Å². The molecule has 0 amide bonds. The molecule has 1 saturated heterocycles. The lowest BCUT2D eigenvalue weighted by molar-refractivity contribution is -0.161. The molecule has 1 N–H and O–H groups in total. The van der Waals surface area contributed by atoms with Gasteiger partial charge in [0, 0.05) is 12.8 Å². The van der Waals surface area contributed by atoms with Crippen LogP contribution in [0.5, 0.6) is 0 Å². The Morgan fingerprint density at radius 1 is 1.27 bits per heavy atom. The maximum atomic E-state index is 12.7. The normalized spacial score (nSPS) is 18.0. The standard InChI is InChI=1S/C15H18F3NO2S/c1-22-10-13(20)21-14(6-8-19-9-7-14)11-2-4-12(5-3-11)15(16,17)18/h2-5,19H,6-10H2,1H3. The highest BCUT2D eigenvalue weighted by atomic mass is 32.2. The van der Waals surface area contributed by atoms with Crippen molar-refractivity contribution in [2.24, 2.45) is 0 Å². The van der Waals surface area contributed by atoms with Crippen LogP contribution in [0.15, 0.2) is 24.3 Å². The van der Waals surface area contributed by atoms with Gasteiger partial charge in [0.1, 0.15) is 5.60 Å². The summed E-state index contributed by atoms with van der Waals surface area (Å²) in [4.78, 5) is 11.9. The van der Waals surface area contributed by atoms with Gasteiger partial charge in [-0.3, -0.25) is 4.79 Å². The molecule has 0 saturated carbocycles. The van der Waals surface area contributed by atoms with E-state index in [4.69, 9.17) is 4.74 Å². The Kier molecular flexibility index (Phi) is 5.39. The van der Waals surface area contributed by atoms with Gasteiger partial charge >= 0.3 is 12.1 Å². The zero-order valence-corrected chi connectivity index (χ0v) is 13.0. The molecule has 3 nitrogen and oxygen atoms in total. The fourth-order valence-electron chi connectivity index (χ4n) is 2.61. The Morgan fingerprint density at radius 3 is 2.36 bits per heavy atom. The molecule has 1 heterocycles. The summed E-state index contributed by atoms with van der Waals surface area (Å²) in [7, 11) is 0. The molecule has 1 aliphatic heterocycles. The number of thioether (sulfide) groups is 1. The maximum Gasteiger partial charge on any atom is 0.416 e. The van der Waals surface area contributed by atoms with Gasteiger partial charge in [-0.1, -0.05) is 12.1 Å². The highest BCUT2D eigenvalue weighted by Crippen LogP contribution is 2.37. The van der Waals surface area contributed by atoms with Crippen LogP contribution in [0.3, 0.4) is 0 Å². The average molecular weight is 333 g/mol. The van der Waals surface area contributed by atoms with Gasteiger partial charge in [-0.2, -0.15) is 24.9 Å². The van der Waals surface area contributed by atoms with Crippen LogP contribution in [0.4, 0.5) is 13.2 Å². The van der Waals surface area contributed by atoms with Gasteiger partial charge in [-0.05, 0) is 37.0 Å². The Morgan fingerprint density at radius 2 is 1.86 bits per heavy atom. The lowest BCUT2D eigenvalue weighted by Crippen LogP contribution is -2.43. The molecule has 2 rings (SSSR count). The first kappa shape index (κ1) is 17.1. The molecule has 122 valence electrons. The molecular formula is C15H18F3NO2S. The SMILES string of the molecule is CSCC(=O)OC1(c2ccc(C(F)(F)F)cc2)CCNCC1. The number of hydrogen-bond acceptors (Lipinski definition) is 4. The summed E-state index contributed by atoms with van der Waals surface area (Å²) in [5, 5.41) is 3.17. The van der Waals surface area contributed by atoms with E-state index in [1.54, 1.807) is 6.26 Å². The van der Waals surface area contributed by atoms with Gasteiger partial charge < -0.3 is 10.1 Å². The van der Waals surface area contributed by atoms with Crippen LogP contribution in [0.2, 0.25) is 0 Å². The topological polar surface area (TPSA) is 38.3 Å². The van der Waals surface area contributed by atoms with Crippen LogP contribution in [0.25, 0.3) is 0 Å². The number of nitrogens with one attached hydrogen (secondary N) is 1. The predicted molar refractivity (Wildman–Crippen MR) is 79.7 cm³/mol. The van der Waals surface area contributed by atoms with Crippen LogP contribution in [0, 0.1) is 0 Å². The minimum atomic E-state index is -4.37. The van der Waals surface area contributed by atoms with E-state index in [1.807, 2.05) is 0 Å². The van der Waals surface area contributed by atoms with Crippen molar-refractivity contribution >= 4 is 17.7 Å². The van der Waals surface area contributed by atoms with E-state index in [0.29, 0.717) is 31.5 Å². The van der Waals surface area contributed by atoms with Crippen molar-refractivity contribution in [3.8, 4) is 0 Å². The van der Waals surface area contributed by atoms with Crippen LogP contribution >= 0.6 is 11.8 Å². The Labute approximate surface area is 131 Å². The molecule has 0 spiro atoms. The van der Waals surface area contributed by atoms with Crippen molar-refractivity contribution in [2.75, 3.05) is 25.1 Å². The smallest absolute Gasteiger partial charge is 0.416 e. The summed E-state index contributed by atoms with van der Waals surface area (Å²) in [5.74, 6) is -0.107. The molecule has 0 atom stereocenters. The Hall–Kier alpha value is -1.21. The van der Waals surface area contributed by atoms with Crippen LogP contribution in [-0.2, 0) is 21.3 Å². The second kappa shape index (κ2) is 6.91. The number of halogens is 3. The monoisotopic (exact) mass is 333 g/mol. The zero-order chi connectivity index (χ0) is 16.2. The van der Waals surface area contributed by atoms with Gasteiger partial charge in [0.25, 0.3) is 0 Å². The molecule has 0 aliphatic carbocycles. The summed E-state index contributed by atoms with van der Waals surface area (Å²) < 4.78 is 43.7. The van der Waals surface area contributed by atoms with Crippen molar-refractivity contribution in [3.05, 3.63) is 35.4 Å². The van der Waals surface area contributed by atoms with E-state index < -0.39 is 17.3 Å². The number of rotatable bonds is 4. The van der Waals surface area contributed by atoms with E-state index in [9.17, 15) is 18.0 Å². The van der Waals surface area contributed by atoms with Gasteiger partial charge in [-0.25, -0.2) is 0 Å². The number of benzene rings is 1. The molecule has 1 aliphatic rings. The highest BCUT2D eigenvalue weighted by molar-refractivity contribution is 7.99. The number of piperidine rings is 1. The molecule has 0 radical (unpaired) electrons. The lowest BCUT2D eigenvalue weighted by atomic mass is 9.84. The largest absolute Gasteiger partial charge is 0.453 e. The molecule has 22 heavy (non-hydrogen) atoms. The molecule has 0 aromatic heterocycles. The summed E-state index contributed by atoms with van der Waals surface area (Å²) >= 11 is 1.36. The first-order chi connectivity index (χ1) is 10.4. The van der Waals surface area contributed by atoms with Crippen LogP contribution in [0.1, 0.15) is 24.0 Å². The summed E-state index contributed by atoms with van der Waals surface area (Å²) in [6.45, 7) is 1.32.